The van der Waals surface area contributed by atoms with Crippen LogP contribution in [0.3, 0.4) is 0 Å². The van der Waals surface area contributed by atoms with Crippen molar-refractivity contribution < 1.29 is 0 Å². The number of fused-ring (bicyclic) bond motifs is 1. The minimum absolute atomic E-state index is 0.124. The Balaban J connectivity index is 1.43. The number of rotatable bonds is 13. The molecule has 5 heteroatoms. The molecule has 1 fully saturated rings. The molecule has 1 aliphatic rings. The molecule has 0 amide bonds. The Morgan fingerprint density at radius 3 is 2.27 bits per heavy atom. The van der Waals surface area contributed by atoms with Crippen LogP contribution in [0.15, 0.2) is 23.0 Å². The molecule has 0 aliphatic carbocycles. The van der Waals surface area contributed by atoms with Gasteiger partial charge in [-0.2, -0.15) is 0 Å². The maximum absolute atomic E-state index is 12.9. The lowest BCUT2D eigenvalue weighted by Gasteiger charge is -2.24. The Labute approximate surface area is 182 Å². The van der Waals surface area contributed by atoms with Crippen LogP contribution in [0.5, 0.6) is 0 Å². The lowest BCUT2D eigenvalue weighted by molar-refractivity contribution is 0.369. The van der Waals surface area contributed by atoms with Crippen molar-refractivity contribution in [2.75, 3.05) is 19.6 Å². The summed E-state index contributed by atoms with van der Waals surface area (Å²) in [4.78, 5) is 12.9. The summed E-state index contributed by atoms with van der Waals surface area (Å²) >= 11 is 0. The summed E-state index contributed by atoms with van der Waals surface area (Å²) in [7, 11) is 1.91. The zero-order valence-corrected chi connectivity index (χ0v) is 19.0. The number of unbranched alkanes of at least 4 members (excludes halogenated alkanes) is 9. The van der Waals surface area contributed by atoms with Crippen LogP contribution >= 0.6 is 0 Å². The predicted octanol–water partition coefficient (Wildman–Crippen LogP) is 4.67. The summed E-state index contributed by atoms with van der Waals surface area (Å²) in [5.41, 5.74) is 9.19. The fourth-order valence-electron chi connectivity index (χ4n) is 4.86. The number of aromatic nitrogens is 2. The van der Waals surface area contributed by atoms with Crippen molar-refractivity contribution >= 4 is 11.0 Å². The van der Waals surface area contributed by atoms with Crippen LogP contribution in [0.4, 0.5) is 0 Å². The highest BCUT2D eigenvalue weighted by Crippen LogP contribution is 2.23. The van der Waals surface area contributed by atoms with E-state index in [0.29, 0.717) is 0 Å². The highest BCUT2D eigenvalue weighted by Gasteiger charge is 2.21. The molecular formula is C25H42N4O. The topological polar surface area (TPSA) is 65.0 Å². The number of hydrogen-bond donors (Lipinski definition) is 2. The zero-order valence-electron chi connectivity index (χ0n) is 19.0. The molecule has 0 saturated carbocycles. The average molecular weight is 415 g/mol. The smallest absolute Gasteiger partial charge is 0.329 e. The second kappa shape index (κ2) is 12.3. The number of hydrogen-bond acceptors (Lipinski definition) is 3. The van der Waals surface area contributed by atoms with E-state index >= 15 is 0 Å². The van der Waals surface area contributed by atoms with E-state index in [4.69, 9.17) is 5.73 Å². The molecule has 30 heavy (non-hydrogen) atoms. The van der Waals surface area contributed by atoms with Gasteiger partial charge in [0.1, 0.15) is 0 Å². The third kappa shape index (κ3) is 6.21. The van der Waals surface area contributed by atoms with Crippen molar-refractivity contribution in [1.29, 1.82) is 0 Å². The zero-order chi connectivity index (χ0) is 21.2. The molecule has 0 bridgehead atoms. The van der Waals surface area contributed by atoms with E-state index in [-0.39, 0.29) is 11.7 Å². The summed E-state index contributed by atoms with van der Waals surface area (Å²) in [5.74, 6) is 0. The molecule has 0 radical (unpaired) electrons. The molecular weight excluding hydrogens is 372 g/mol. The van der Waals surface area contributed by atoms with Crippen LogP contribution in [0.1, 0.15) is 88.7 Å². The van der Waals surface area contributed by atoms with Gasteiger partial charge in [0.25, 0.3) is 0 Å². The van der Waals surface area contributed by atoms with Crippen molar-refractivity contribution in [3.63, 3.8) is 0 Å². The monoisotopic (exact) mass is 414 g/mol. The normalized spacial score (nSPS) is 17.1. The highest BCUT2D eigenvalue weighted by molar-refractivity contribution is 5.77. The molecule has 1 aromatic carbocycles. The molecule has 1 atom stereocenters. The van der Waals surface area contributed by atoms with Gasteiger partial charge in [0.15, 0.2) is 0 Å². The van der Waals surface area contributed by atoms with Gasteiger partial charge in [-0.05, 0) is 62.9 Å². The standard InChI is InChI=1S/C25H42N4O/c1-28-24-19-21(13-10-8-6-4-2-3-5-7-9-11-17-26)15-16-23(24)29(25(28)30)22-14-12-18-27-20-22/h15-16,19,22,27H,2-14,17-18,20,26H2,1H3. The molecule has 3 N–H and O–H groups in total. The SMILES string of the molecule is Cn1c(=O)n(C2CCCNC2)c2ccc(CCCCCCCCCCCCN)cc21. The van der Waals surface area contributed by atoms with E-state index in [2.05, 4.69) is 23.5 Å². The first-order chi connectivity index (χ1) is 14.7. The molecule has 5 nitrogen and oxygen atoms in total. The van der Waals surface area contributed by atoms with E-state index in [1.54, 1.807) is 0 Å². The average Bonchev–Trinajstić information content (AvgIpc) is 3.02. The molecule has 168 valence electrons. The lowest BCUT2D eigenvalue weighted by atomic mass is 10.0. The van der Waals surface area contributed by atoms with Gasteiger partial charge in [-0.1, -0.05) is 57.4 Å². The fourth-order valence-corrected chi connectivity index (χ4v) is 4.86. The van der Waals surface area contributed by atoms with E-state index in [9.17, 15) is 4.79 Å². The number of benzene rings is 1. The molecule has 2 heterocycles. The van der Waals surface area contributed by atoms with Crippen molar-refractivity contribution in [2.24, 2.45) is 12.8 Å². The van der Waals surface area contributed by atoms with Crippen molar-refractivity contribution in [1.82, 2.24) is 14.5 Å². The first-order valence-corrected chi connectivity index (χ1v) is 12.3. The molecule has 3 rings (SSSR count). The van der Waals surface area contributed by atoms with Crippen molar-refractivity contribution in [3.05, 3.63) is 34.2 Å². The van der Waals surface area contributed by atoms with Crippen LogP contribution < -0.4 is 16.7 Å². The molecule has 1 unspecified atom stereocenters. The predicted molar refractivity (Wildman–Crippen MR) is 127 cm³/mol. The third-order valence-electron chi connectivity index (χ3n) is 6.71. The Hall–Kier alpha value is -1.59. The Morgan fingerprint density at radius 2 is 1.63 bits per heavy atom. The van der Waals surface area contributed by atoms with Crippen molar-refractivity contribution in [3.8, 4) is 0 Å². The van der Waals surface area contributed by atoms with Gasteiger partial charge in [0.2, 0.25) is 0 Å². The van der Waals surface area contributed by atoms with E-state index < -0.39 is 0 Å². The summed E-state index contributed by atoms with van der Waals surface area (Å²) in [6, 6.07) is 6.92. The number of nitrogens with zero attached hydrogens (tertiary/aromatic N) is 2. The molecule has 1 aromatic heterocycles. The van der Waals surface area contributed by atoms with Crippen LogP contribution in [-0.2, 0) is 13.5 Å². The van der Waals surface area contributed by atoms with Crippen LogP contribution in [0.2, 0.25) is 0 Å². The Kier molecular flexibility index (Phi) is 9.47. The van der Waals surface area contributed by atoms with E-state index in [1.807, 2.05) is 16.2 Å². The summed E-state index contributed by atoms with van der Waals surface area (Å²) in [5, 5.41) is 3.44. The fraction of sp³-hybridized carbons (Fsp3) is 0.720. The number of nitrogens with two attached hydrogens (primary N) is 1. The van der Waals surface area contributed by atoms with Gasteiger partial charge >= 0.3 is 5.69 Å². The van der Waals surface area contributed by atoms with Gasteiger partial charge < -0.3 is 11.1 Å². The van der Waals surface area contributed by atoms with E-state index in [1.165, 1.54) is 69.8 Å². The Bertz CT molecular complexity index is 816. The van der Waals surface area contributed by atoms with Gasteiger partial charge in [0.05, 0.1) is 17.1 Å². The van der Waals surface area contributed by atoms with Crippen LogP contribution in [0.25, 0.3) is 11.0 Å². The van der Waals surface area contributed by atoms with Gasteiger partial charge in [-0.3, -0.25) is 9.13 Å². The minimum Gasteiger partial charge on any atom is -0.330 e. The van der Waals surface area contributed by atoms with Crippen LogP contribution in [0, 0.1) is 0 Å². The number of piperidine rings is 1. The largest absolute Gasteiger partial charge is 0.330 e. The number of imidazole rings is 1. The summed E-state index contributed by atoms with van der Waals surface area (Å²) < 4.78 is 3.85. The second-order valence-electron chi connectivity index (χ2n) is 9.11. The second-order valence-corrected chi connectivity index (χ2v) is 9.11. The van der Waals surface area contributed by atoms with Crippen molar-refractivity contribution in [2.45, 2.75) is 89.5 Å². The minimum atomic E-state index is 0.124. The maximum atomic E-state index is 12.9. The number of nitrogens with one attached hydrogen (secondary N) is 1. The maximum Gasteiger partial charge on any atom is 0.329 e. The number of aryl methyl sites for hydroxylation is 2. The van der Waals surface area contributed by atoms with Gasteiger partial charge in [-0.25, -0.2) is 4.79 Å². The Morgan fingerprint density at radius 1 is 0.967 bits per heavy atom. The van der Waals surface area contributed by atoms with Crippen LogP contribution in [-0.4, -0.2) is 28.8 Å². The molecule has 0 spiro atoms. The lowest BCUT2D eigenvalue weighted by Crippen LogP contribution is -2.36. The first-order valence-electron chi connectivity index (χ1n) is 12.3. The first kappa shape index (κ1) is 23.1. The molecule has 2 aromatic rings. The van der Waals surface area contributed by atoms with Gasteiger partial charge in [-0.15, -0.1) is 0 Å². The quantitative estimate of drug-likeness (QED) is 0.468. The molecule has 1 aliphatic heterocycles. The summed E-state index contributed by atoms with van der Waals surface area (Å²) in [6.07, 6.45) is 16.5. The molecule has 1 saturated heterocycles. The summed E-state index contributed by atoms with van der Waals surface area (Å²) in [6.45, 7) is 2.80. The van der Waals surface area contributed by atoms with Gasteiger partial charge in [0, 0.05) is 13.6 Å². The van der Waals surface area contributed by atoms with E-state index in [0.717, 1.165) is 49.9 Å². The third-order valence-corrected chi connectivity index (χ3v) is 6.71. The highest BCUT2D eigenvalue weighted by atomic mass is 16.1.